The maximum atomic E-state index is 5.92. The SMILES string of the molecule is CCCOCCOc1cccc2c1CCCC2NCC. The second-order valence-corrected chi connectivity index (χ2v) is 5.29. The van der Waals surface area contributed by atoms with Crippen molar-refractivity contribution in [1.82, 2.24) is 5.32 Å². The van der Waals surface area contributed by atoms with E-state index in [2.05, 4.69) is 37.4 Å². The van der Waals surface area contributed by atoms with Crippen molar-refractivity contribution in [2.45, 2.75) is 45.6 Å². The molecule has 1 unspecified atom stereocenters. The van der Waals surface area contributed by atoms with E-state index >= 15 is 0 Å². The number of ether oxygens (including phenoxy) is 2. The van der Waals surface area contributed by atoms with E-state index in [-0.39, 0.29) is 0 Å². The Balaban J connectivity index is 1.98. The zero-order valence-electron chi connectivity index (χ0n) is 12.8. The van der Waals surface area contributed by atoms with Crippen molar-refractivity contribution >= 4 is 0 Å². The molecule has 0 aliphatic heterocycles. The van der Waals surface area contributed by atoms with Gasteiger partial charge in [0.25, 0.3) is 0 Å². The molecule has 2 rings (SSSR count). The second kappa shape index (κ2) is 8.28. The fraction of sp³-hybridized carbons (Fsp3) is 0.647. The number of fused-ring (bicyclic) bond motifs is 1. The van der Waals surface area contributed by atoms with Crippen LogP contribution in [0.5, 0.6) is 5.75 Å². The standard InChI is InChI=1S/C17H27NO2/c1-3-11-19-12-13-20-17-10-6-7-14-15(17)8-5-9-16(14)18-4-2/h6-7,10,16,18H,3-5,8-9,11-13H2,1-2H3. The van der Waals surface area contributed by atoms with Crippen LogP contribution in [0, 0.1) is 0 Å². The zero-order chi connectivity index (χ0) is 14.2. The third kappa shape index (κ3) is 3.97. The van der Waals surface area contributed by atoms with E-state index < -0.39 is 0 Å². The van der Waals surface area contributed by atoms with Gasteiger partial charge in [-0.1, -0.05) is 26.0 Å². The smallest absolute Gasteiger partial charge is 0.122 e. The summed E-state index contributed by atoms with van der Waals surface area (Å²) < 4.78 is 11.4. The van der Waals surface area contributed by atoms with Gasteiger partial charge in [0.15, 0.2) is 0 Å². The third-order valence-corrected chi connectivity index (χ3v) is 3.75. The number of hydrogen-bond acceptors (Lipinski definition) is 3. The first kappa shape index (κ1) is 15.3. The highest BCUT2D eigenvalue weighted by atomic mass is 16.5. The van der Waals surface area contributed by atoms with Gasteiger partial charge in [0.2, 0.25) is 0 Å². The van der Waals surface area contributed by atoms with Crippen molar-refractivity contribution in [2.24, 2.45) is 0 Å². The topological polar surface area (TPSA) is 30.5 Å². The van der Waals surface area contributed by atoms with Crippen LogP contribution in [0.1, 0.15) is 50.3 Å². The molecule has 1 aliphatic rings. The minimum absolute atomic E-state index is 0.489. The van der Waals surface area contributed by atoms with E-state index in [1.54, 1.807) is 0 Å². The van der Waals surface area contributed by atoms with Gasteiger partial charge in [0, 0.05) is 12.6 Å². The Bertz CT molecular complexity index is 406. The van der Waals surface area contributed by atoms with E-state index in [1.807, 2.05) is 0 Å². The minimum Gasteiger partial charge on any atom is -0.491 e. The highest BCUT2D eigenvalue weighted by Gasteiger charge is 2.21. The van der Waals surface area contributed by atoms with Gasteiger partial charge in [0.05, 0.1) is 6.61 Å². The maximum absolute atomic E-state index is 5.92. The quantitative estimate of drug-likeness (QED) is 0.738. The van der Waals surface area contributed by atoms with E-state index in [4.69, 9.17) is 9.47 Å². The third-order valence-electron chi connectivity index (χ3n) is 3.75. The van der Waals surface area contributed by atoms with Crippen LogP contribution < -0.4 is 10.1 Å². The first-order valence-corrected chi connectivity index (χ1v) is 7.92. The molecule has 1 N–H and O–H groups in total. The van der Waals surface area contributed by atoms with Crippen LogP contribution in [0.2, 0.25) is 0 Å². The summed E-state index contributed by atoms with van der Waals surface area (Å²) in [7, 11) is 0. The summed E-state index contributed by atoms with van der Waals surface area (Å²) in [6.07, 6.45) is 4.65. The van der Waals surface area contributed by atoms with Crippen LogP contribution >= 0.6 is 0 Å². The fourth-order valence-corrected chi connectivity index (χ4v) is 2.87. The molecular weight excluding hydrogens is 250 g/mol. The van der Waals surface area contributed by atoms with Crippen LogP contribution in [0.3, 0.4) is 0 Å². The first-order chi connectivity index (χ1) is 9.86. The van der Waals surface area contributed by atoms with Gasteiger partial charge in [-0.05, 0) is 49.4 Å². The van der Waals surface area contributed by atoms with Gasteiger partial charge >= 0.3 is 0 Å². The molecule has 0 bridgehead atoms. The van der Waals surface area contributed by atoms with Crippen LogP contribution in [0.4, 0.5) is 0 Å². The molecule has 0 aromatic heterocycles. The molecule has 0 spiro atoms. The Morgan fingerprint density at radius 1 is 1.20 bits per heavy atom. The molecule has 1 atom stereocenters. The zero-order valence-corrected chi connectivity index (χ0v) is 12.8. The van der Waals surface area contributed by atoms with Crippen molar-refractivity contribution in [3.63, 3.8) is 0 Å². The van der Waals surface area contributed by atoms with E-state index in [9.17, 15) is 0 Å². The summed E-state index contributed by atoms with van der Waals surface area (Å²) in [6.45, 7) is 7.43. The molecule has 3 nitrogen and oxygen atoms in total. The summed E-state index contributed by atoms with van der Waals surface area (Å²) >= 11 is 0. The first-order valence-electron chi connectivity index (χ1n) is 7.92. The normalized spacial score (nSPS) is 17.8. The van der Waals surface area contributed by atoms with E-state index in [0.717, 1.165) is 31.7 Å². The summed E-state index contributed by atoms with van der Waals surface area (Å²) in [6, 6.07) is 6.93. The van der Waals surface area contributed by atoms with E-state index in [0.29, 0.717) is 19.3 Å². The Hall–Kier alpha value is -1.06. The molecule has 1 aromatic carbocycles. The average Bonchev–Trinajstić information content (AvgIpc) is 2.48. The van der Waals surface area contributed by atoms with Crippen LogP contribution in [0.25, 0.3) is 0 Å². The van der Waals surface area contributed by atoms with E-state index in [1.165, 1.54) is 24.0 Å². The molecule has 0 saturated heterocycles. The molecule has 0 amide bonds. The van der Waals surface area contributed by atoms with Crippen molar-refractivity contribution in [2.75, 3.05) is 26.4 Å². The lowest BCUT2D eigenvalue weighted by atomic mass is 9.87. The molecule has 3 heteroatoms. The largest absolute Gasteiger partial charge is 0.491 e. The summed E-state index contributed by atoms with van der Waals surface area (Å²) in [4.78, 5) is 0. The molecule has 0 saturated carbocycles. The van der Waals surface area contributed by atoms with Gasteiger partial charge in [-0.15, -0.1) is 0 Å². The molecular formula is C17H27NO2. The fourth-order valence-electron chi connectivity index (χ4n) is 2.87. The van der Waals surface area contributed by atoms with Crippen LogP contribution in [-0.4, -0.2) is 26.4 Å². The van der Waals surface area contributed by atoms with Crippen molar-refractivity contribution in [3.8, 4) is 5.75 Å². The molecule has 20 heavy (non-hydrogen) atoms. The summed E-state index contributed by atoms with van der Waals surface area (Å²) in [5, 5.41) is 3.57. The molecule has 0 radical (unpaired) electrons. The molecule has 0 fully saturated rings. The second-order valence-electron chi connectivity index (χ2n) is 5.29. The van der Waals surface area contributed by atoms with Crippen LogP contribution in [0.15, 0.2) is 18.2 Å². The van der Waals surface area contributed by atoms with Gasteiger partial charge in [0.1, 0.15) is 12.4 Å². The maximum Gasteiger partial charge on any atom is 0.122 e. The van der Waals surface area contributed by atoms with Crippen molar-refractivity contribution < 1.29 is 9.47 Å². The van der Waals surface area contributed by atoms with Crippen molar-refractivity contribution in [3.05, 3.63) is 29.3 Å². The van der Waals surface area contributed by atoms with Gasteiger partial charge < -0.3 is 14.8 Å². The monoisotopic (exact) mass is 277 g/mol. The summed E-state index contributed by atoms with van der Waals surface area (Å²) in [5.74, 6) is 1.05. The Kier molecular flexibility index (Phi) is 6.34. The number of hydrogen-bond donors (Lipinski definition) is 1. The molecule has 1 aliphatic carbocycles. The Morgan fingerprint density at radius 2 is 2.10 bits per heavy atom. The summed E-state index contributed by atoms with van der Waals surface area (Å²) in [5.41, 5.74) is 2.81. The minimum atomic E-state index is 0.489. The van der Waals surface area contributed by atoms with Gasteiger partial charge in [-0.25, -0.2) is 0 Å². The number of benzene rings is 1. The lowest BCUT2D eigenvalue weighted by molar-refractivity contribution is 0.100. The number of nitrogens with one attached hydrogen (secondary N) is 1. The predicted molar refractivity (Wildman–Crippen MR) is 82.4 cm³/mol. The highest BCUT2D eigenvalue weighted by Crippen LogP contribution is 2.35. The highest BCUT2D eigenvalue weighted by molar-refractivity contribution is 5.43. The van der Waals surface area contributed by atoms with Gasteiger partial charge in [-0.2, -0.15) is 0 Å². The molecule has 112 valence electrons. The van der Waals surface area contributed by atoms with Crippen molar-refractivity contribution in [1.29, 1.82) is 0 Å². The predicted octanol–water partition coefficient (Wildman–Crippen LogP) is 3.48. The lowest BCUT2D eigenvalue weighted by Gasteiger charge is -2.27. The van der Waals surface area contributed by atoms with Gasteiger partial charge in [-0.3, -0.25) is 0 Å². The van der Waals surface area contributed by atoms with Crippen LogP contribution in [-0.2, 0) is 11.2 Å². The molecule has 0 heterocycles. The molecule has 1 aromatic rings. The Labute approximate surface area is 122 Å². The average molecular weight is 277 g/mol. The number of rotatable bonds is 8. The Morgan fingerprint density at radius 3 is 2.90 bits per heavy atom. The lowest BCUT2D eigenvalue weighted by Crippen LogP contribution is -2.25.